The number of carbonyl (C=O) groups excluding carboxylic acids is 1. The first-order valence-electron chi connectivity index (χ1n) is 10.7. The van der Waals surface area contributed by atoms with Crippen molar-refractivity contribution in [3.05, 3.63) is 82.4 Å². The van der Waals surface area contributed by atoms with Crippen molar-refractivity contribution in [2.75, 3.05) is 6.26 Å². The number of hydrogen-bond acceptors (Lipinski definition) is 6. The van der Waals surface area contributed by atoms with Crippen molar-refractivity contribution in [3.8, 4) is 5.75 Å². The predicted octanol–water partition coefficient (Wildman–Crippen LogP) is 3.16. The van der Waals surface area contributed by atoms with Crippen LogP contribution >= 0.6 is 0 Å². The summed E-state index contributed by atoms with van der Waals surface area (Å²) in [7, 11) is -3.71. The largest absolute Gasteiger partial charge is 0.489 e. The monoisotopic (exact) mass is 485 g/mol. The highest BCUT2D eigenvalue weighted by molar-refractivity contribution is 7.89. The van der Waals surface area contributed by atoms with Crippen LogP contribution < -0.4 is 9.46 Å². The normalized spacial score (nSPS) is 12.2. The number of nitrogens with zero attached hydrogens (tertiary/aromatic N) is 1. The van der Waals surface area contributed by atoms with Gasteiger partial charge in [-0.05, 0) is 37.1 Å². The maximum absolute atomic E-state index is 12.4. The van der Waals surface area contributed by atoms with Gasteiger partial charge in [-0.1, -0.05) is 36.8 Å². The number of rotatable bonds is 10. The van der Waals surface area contributed by atoms with E-state index >= 15 is 0 Å². The number of carbonyl (C=O) groups is 2. The van der Waals surface area contributed by atoms with E-state index in [1.54, 1.807) is 55.6 Å². The van der Waals surface area contributed by atoms with Crippen LogP contribution in [0.15, 0.2) is 48.7 Å². The highest BCUT2D eigenvalue weighted by Crippen LogP contribution is 2.26. The Morgan fingerprint density at radius 1 is 1.18 bits per heavy atom. The van der Waals surface area contributed by atoms with Gasteiger partial charge < -0.3 is 14.8 Å². The lowest BCUT2D eigenvalue weighted by Gasteiger charge is -2.14. The molecule has 0 saturated heterocycles. The van der Waals surface area contributed by atoms with Gasteiger partial charge in [0.1, 0.15) is 24.1 Å². The van der Waals surface area contributed by atoms with E-state index in [1.807, 2.05) is 11.6 Å². The van der Waals surface area contributed by atoms with Crippen molar-refractivity contribution in [1.82, 2.24) is 14.7 Å². The van der Waals surface area contributed by atoms with Gasteiger partial charge in [0.25, 0.3) is 5.91 Å². The van der Waals surface area contributed by atoms with E-state index < -0.39 is 27.8 Å². The third-order valence-electron chi connectivity index (χ3n) is 5.09. The van der Waals surface area contributed by atoms with E-state index in [2.05, 4.69) is 9.97 Å². The van der Waals surface area contributed by atoms with Gasteiger partial charge in [-0.3, -0.25) is 9.59 Å². The van der Waals surface area contributed by atoms with Crippen LogP contribution in [-0.4, -0.2) is 41.6 Å². The molecule has 3 N–H and O–H groups in total. The number of nitrogens with one attached hydrogen (secondary N) is 2. The molecular weight excluding hydrogens is 458 g/mol. The number of H-pyrrole nitrogens is 1. The number of benzene rings is 2. The molecule has 1 heterocycles. The summed E-state index contributed by atoms with van der Waals surface area (Å²) < 4.78 is 30.7. The summed E-state index contributed by atoms with van der Waals surface area (Å²) in [6.45, 7) is 3.84. The summed E-state index contributed by atoms with van der Waals surface area (Å²) in [6.07, 6.45) is 4.10. The highest BCUT2D eigenvalue weighted by atomic mass is 32.2. The van der Waals surface area contributed by atoms with Crippen molar-refractivity contribution < 1.29 is 27.9 Å². The van der Waals surface area contributed by atoms with Crippen molar-refractivity contribution in [2.24, 2.45) is 0 Å². The number of amides is 1. The minimum absolute atomic E-state index is 0.0232. The summed E-state index contributed by atoms with van der Waals surface area (Å²) in [5.41, 5.74) is 2.59. The molecule has 1 amide bonds. The summed E-state index contributed by atoms with van der Waals surface area (Å²) >= 11 is 0. The zero-order valence-electron chi connectivity index (χ0n) is 19.2. The lowest BCUT2D eigenvalue weighted by Crippen LogP contribution is -2.30. The molecule has 1 unspecified atom stereocenters. The van der Waals surface area contributed by atoms with Crippen molar-refractivity contribution in [2.45, 2.75) is 39.2 Å². The van der Waals surface area contributed by atoms with Crippen molar-refractivity contribution >= 4 is 21.9 Å². The number of aromatic nitrogens is 2. The van der Waals surface area contributed by atoms with E-state index in [-0.39, 0.29) is 12.2 Å². The Balaban J connectivity index is 1.76. The van der Waals surface area contributed by atoms with Crippen LogP contribution in [0, 0.1) is 6.92 Å². The van der Waals surface area contributed by atoms with Gasteiger partial charge in [-0.25, -0.2) is 18.1 Å². The Morgan fingerprint density at radius 3 is 2.50 bits per heavy atom. The fourth-order valence-electron chi connectivity index (χ4n) is 3.51. The van der Waals surface area contributed by atoms with Gasteiger partial charge in [0, 0.05) is 23.7 Å². The molecule has 180 valence electrons. The molecule has 0 aliphatic carbocycles. The second kappa shape index (κ2) is 10.5. The zero-order chi connectivity index (χ0) is 24.9. The smallest absolute Gasteiger partial charge is 0.317 e. The molecule has 2 aromatic carbocycles. The quantitative estimate of drug-likeness (QED) is 0.401. The number of aliphatic carboxylic acids is 1. The average molecular weight is 486 g/mol. The fraction of sp³-hybridized carbons (Fsp3) is 0.292. The molecule has 3 rings (SSSR count). The van der Waals surface area contributed by atoms with E-state index in [0.717, 1.165) is 30.5 Å². The Morgan fingerprint density at radius 2 is 1.88 bits per heavy atom. The van der Waals surface area contributed by atoms with Crippen LogP contribution in [0.25, 0.3) is 0 Å². The summed E-state index contributed by atoms with van der Waals surface area (Å²) in [5.74, 6) is -1.40. The van der Waals surface area contributed by atoms with Crippen LogP contribution in [-0.2, 0) is 27.8 Å². The standard InChI is InChI=1S/C24H27N3O6S/c1-4-5-21-25-13-20(26-21)22(24(29)30)16-8-10-18(11-9-16)33-14-17-7-6-15(2)12-19(17)23(28)27-34(3,31)32/h6-13,22H,4-5,14H2,1-3H3,(H,25,26)(H,27,28)(H,29,30). The van der Waals surface area contributed by atoms with Crippen LogP contribution in [0.2, 0.25) is 0 Å². The van der Waals surface area contributed by atoms with E-state index in [9.17, 15) is 23.1 Å². The highest BCUT2D eigenvalue weighted by Gasteiger charge is 2.24. The van der Waals surface area contributed by atoms with Gasteiger partial charge in [0.15, 0.2) is 0 Å². The molecule has 10 heteroatoms. The first-order valence-corrected chi connectivity index (χ1v) is 12.6. The fourth-order valence-corrected chi connectivity index (χ4v) is 3.96. The van der Waals surface area contributed by atoms with Gasteiger partial charge in [0.2, 0.25) is 10.0 Å². The molecule has 0 spiro atoms. The van der Waals surface area contributed by atoms with Crippen LogP contribution in [0.4, 0.5) is 0 Å². The number of hydrogen-bond donors (Lipinski definition) is 3. The molecule has 0 bridgehead atoms. The first-order chi connectivity index (χ1) is 16.1. The Hall–Kier alpha value is -3.66. The topological polar surface area (TPSA) is 138 Å². The molecule has 0 aliphatic heterocycles. The molecule has 1 aromatic heterocycles. The molecule has 9 nitrogen and oxygen atoms in total. The number of aryl methyl sites for hydroxylation is 2. The van der Waals surface area contributed by atoms with Crippen molar-refractivity contribution in [1.29, 1.82) is 0 Å². The second-order valence-electron chi connectivity index (χ2n) is 8.03. The van der Waals surface area contributed by atoms with Crippen LogP contribution in [0.5, 0.6) is 5.75 Å². The summed E-state index contributed by atoms with van der Waals surface area (Å²) in [5, 5.41) is 9.77. The SMILES string of the molecule is CCCc1ncc(C(C(=O)O)c2ccc(OCc3ccc(C)cc3C(=O)NS(C)(=O)=O)cc2)[nH]1. The molecule has 34 heavy (non-hydrogen) atoms. The predicted molar refractivity (Wildman–Crippen MR) is 126 cm³/mol. The number of aromatic amines is 1. The molecule has 0 radical (unpaired) electrons. The Kier molecular flexibility index (Phi) is 7.72. The van der Waals surface area contributed by atoms with E-state index in [4.69, 9.17) is 4.74 Å². The lowest BCUT2D eigenvalue weighted by atomic mass is 9.96. The van der Waals surface area contributed by atoms with Gasteiger partial charge in [0.05, 0.1) is 11.9 Å². The average Bonchev–Trinajstić information content (AvgIpc) is 3.20. The number of sulfonamides is 1. The zero-order valence-corrected chi connectivity index (χ0v) is 20.0. The molecule has 0 saturated carbocycles. The molecular formula is C24H27N3O6S. The Bertz CT molecular complexity index is 1280. The van der Waals surface area contributed by atoms with Crippen molar-refractivity contribution in [3.63, 3.8) is 0 Å². The number of carboxylic acids is 1. The van der Waals surface area contributed by atoms with E-state index in [0.29, 0.717) is 22.6 Å². The minimum atomic E-state index is -3.71. The second-order valence-corrected chi connectivity index (χ2v) is 9.78. The lowest BCUT2D eigenvalue weighted by molar-refractivity contribution is -0.137. The summed E-state index contributed by atoms with van der Waals surface area (Å²) in [6, 6.07) is 11.7. The number of carboxylic acid groups (broad SMARTS) is 1. The van der Waals surface area contributed by atoms with Gasteiger partial charge in [-0.2, -0.15) is 0 Å². The summed E-state index contributed by atoms with van der Waals surface area (Å²) in [4.78, 5) is 31.7. The first kappa shape index (κ1) is 25.0. The van der Waals surface area contributed by atoms with Crippen LogP contribution in [0.1, 0.15) is 57.8 Å². The van der Waals surface area contributed by atoms with E-state index in [1.165, 1.54) is 0 Å². The van der Waals surface area contributed by atoms with Gasteiger partial charge in [-0.15, -0.1) is 0 Å². The van der Waals surface area contributed by atoms with Crippen LogP contribution in [0.3, 0.4) is 0 Å². The molecule has 0 fully saturated rings. The molecule has 1 atom stereocenters. The third-order valence-corrected chi connectivity index (χ3v) is 5.64. The minimum Gasteiger partial charge on any atom is -0.489 e. The third kappa shape index (κ3) is 6.44. The number of imidazole rings is 1. The molecule has 3 aromatic rings. The molecule has 0 aliphatic rings. The van der Waals surface area contributed by atoms with Gasteiger partial charge >= 0.3 is 5.97 Å². The Labute approximate surface area is 198 Å². The maximum atomic E-state index is 12.4. The number of ether oxygens (including phenoxy) is 1. The maximum Gasteiger partial charge on any atom is 0.317 e.